The van der Waals surface area contributed by atoms with Crippen molar-refractivity contribution < 1.29 is 9.90 Å². The normalized spacial score (nSPS) is 11.4. The average molecular weight is 233 g/mol. The maximum atomic E-state index is 10.6. The van der Waals surface area contributed by atoms with Gasteiger partial charge in [0, 0.05) is 24.9 Å². The van der Waals surface area contributed by atoms with Gasteiger partial charge in [0.15, 0.2) is 0 Å². The molecule has 1 aromatic carbocycles. The predicted molar refractivity (Wildman–Crippen MR) is 70.5 cm³/mol. The third-order valence-electron chi connectivity index (χ3n) is 2.59. The van der Waals surface area contributed by atoms with Gasteiger partial charge in [-0.2, -0.15) is 0 Å². The molecular weight excluding hydrogens is 214 g/mol. The fourth-order valence-corrected chi connectivity index (χ4v) is 1.70. The Labute approximate surface area is 102 Å². The zero-order valence-electron chi connectivity index (χ0n) is 10.6. The van der Waals surface area contributed by atoms with Crippen LogP contribution in [0.2, 0.25) is 0 Å². The number of anilines is 1. The van der Waals surface area contributed by atoms with E-state index >= 15 is 0 Å². The lowest BCUT2D eigenvalue weighted by atomic mass is 10.2. The number of carbonyl (C=O) groups is 1. The molecule has 1 aromatic rings. The van der Waals surface area contributed by atoms with Crippen LogP contribution < -0.4 is 4.90 Å². The number of hydrogen-bond acceptors (Lipinski definition) is 2. The standard InChI is InChI=1S/C14H19NO2/c1-4-15(10-12(3)9-14(16)17)13-7-5-11(2)6-8-13/h5-9H,4,10H2,1-3H3,(H,16,17). The molecule has 0 amide bonds. The summed E-state index contributed by atoms with van der Waals surface area (Å²) in [5, 5.41) is 8.68. The van der Waals surface area contributed by atoms with E-state index in [-0.39, 0.29) is 0 Å². The number of likely N-dealkylation sites (N-methyl/N-ethyl adjacent to an activating group) is 1. The van der Waals surface area contributed by atoms with Crippen LogP contribution in [-0.4, -0.2) is 24.2 Å². The molecule has 0 saturated heterocycles. The zero-order valence-corrected chi connectivity index (χ0v) is 10.6. The van der Waals surface area contributed by atoms with Crippen LogP contribution in [0.15, 0.2) is 35.9 Å². The van der Waals surface area contributed by atoms with Crippen LogP contribution >= 0.6 is 0 Å². The lowest BCUT2D eigenvalue weighted by Crippen LogP contribution is -2.24. The largest absolute Gasteiger partial charge is 0.478 e. The van der Waals surface area contributed by atoms with Gasteiger partial charge in [-0.15, -0.1) is 0 Å². The Bertz CT molecular complexity index is 407. The van der Waals surface area contributed by atoms with E-state index in [9.17, 15) is 4.79 Å². The van der Waals surface area contributed by atoms with E-state index in [2.05, 4.69) is 43.0 Å². The van der Waals surface area contributed by atoms with Crippen molar-refractivity contribution in [2.45, 2.75) is 20.8 Å². The fourth-order valence-electron chi connectivity index (χ4n) is 1.70. The highest BCUT2D eigenvalue weighted by Gasteiger charge is 2.05. The molecule has 0 unspecified atom stereocenters. The summed E-state index contributed by atoms with van der Waals surface area (Å²) in [5.41, 5.74) is 3.19. The molecule has 1 N–H and O–H groups in total. The molecular formula is C14H19NO2. The zero-order chi connectivity index (χ0) is 12.8. The summed E-state index contributed by atoms with van der Waals surface area (Å²) >= 11 is 0. The summed E-state index contributed by atoms with van der Waals surface area (Å²) in [7, 11) is 0. The van der Waals surface area contributed by atoms with Gasteiger partial charge in [0.25, 0.3) is 0 Å². The molecule has 3 nitrogen and oxygen atoms in total. The van der Waals surface area contributed by atoms with Gasteiger partial charge in [0.05, 0.1) is 0 Å². The topological polar surface area (TPSA) is 40.5 Å². The summed E-state index contributed by atoms with van der Waals surface area (Å²) in [5.74, 6) is -0.887. The molecule has 0 atom stereocenters. The highest BCUT2D eigenvalue weighted by atomic mass is 16.4. The van der Waals surface area contributed by atoms with Crippen LogP contribution in [0.4, 0.5) is 5.69 Å². The number of rotatable bonds is 5. The van der Waals surface area contributed by atoms with Crippen LogP contribution in [0.25, 0.3) is 0 Å². The minimum absolute atomic E-state index is 0.645. The van der Waals surface area contributed by atoms with Crippen molar-refractivity contribution in [2.24, 2.45) is 0 Å². The molecule has 3 heteroatoms. The molecule has 0 bridgehead atoms. The van der Waals surface area contributed by atoms with Crippen molar-refractivity contribution in [3.63, 3.8) is 0 Å². The molecule has 0 spiro atoms. The molecule has 0 heterocycles. The first kappa shape index (κ1) is 13.3. The maximum Gasteiger partial charge on any atom is 0.328 e. The third kappa shape index (κ3) is 4.31. The summed E-state index contributed by atoms with van der Waals surface area (Å²) < 4.78 is 0. The number of hydrogen-bond donors (Lipinski definition) is 1. The second-order valence-corrected chi connectivity index (χ2v) is 4.18. The Hall–Kier alpha value is -1.77. The summed E-state index contributed by atoms with van der Waals surface area (Å²) in [4.78, 5) is 12.7. The summed E-state index contributed by atoms with van der Waals surface area (Å²) in [6.45, 7) is 7.45. The van der Waals surface area contributed by atoms with E-state index in [1.807, 2.05) is 6.92 Å². The molecule has 92 valence electrons. The van der Waals surface area contributed by atoms with Crippen molar-refractivity contribution in [3.05, 3.63) is 41.5 Å². The monoisotopic (exact) mass is 233 g/mol. The van der Waals surface area contributed by atoms with Crippen LogP contribution in [-0.2, 0) is 4.79 Å². The Morgan fingerprint density at radius 1 is 1.35 bits per heavy atom. The second kappa shape index (κ2) is 6.09. The lowest BCUT2D eigenvalue weighted by Gasteiger charge is -2.23. The SMILES string of the molecule is CCN(CC(C)=CC(=O)O)c1ccc(C)cc1. The fraction of sp³-hybridized carbons (Fsp3) is 0.357. The molecule has 0 aliphatic carbocycles. The van der Waals surface area contributed by atoms with Crippen molar-refractivity contribution >= 4 is 11.7 Å². The van der Waals surface area contributed by atoms with Gasteiger partial charge in [-0.1, -0.05) is 17.7 Å². The summed E-state index contributed by atoms with van der Waals surface area (Å²) in [6, 6.07) is 8.25. The van der Waals surface area contributed by atoms with Gasteiger partial charge in [-0.3, -0.25) is 0 Å². The Kier molecular flexibility index (Phi) is 4.76. The van der Waals surface area contributed by atoms with E-state index in [1.165, 1.54) is 11.6 Å². The third-order valence-corrected chi connectivity index (χ3v) is 2.59. The minimum Gasteiger partial charge on any atom is -0.478 e. The van der Waals surface area contributed by atoms with Gasteiger partial charge < -0.3 is 10.0 Å². The highest BCUT2D eigenvalue weighted by molar-refractivity contribution is 5.80. The van der Waals surface area contributed by atoms with Crippen LogP contribution in [0.3, 0.4) is 0 Å². The molecule has 0 fully saturated rings. The van der Waals surface area contributed by atoms with Crippen molar-refractivity contribution in [2.75, 3.05) is 18.0 Å². The minimum atomic E-state index is -0.887. The number of nitrogens with zero attached hydrogens (tertiary/aromatic N) is 1. The second-order valence-electron chi connectivity index (χ2n) is 4.18. The van der Waals surface area contributed by atoms with Crippen molar-refractivity contribution in [1.82, 2.24) is 0 Å². The van der Waals surface area contributed by atoms with Gasteiger partial charge in [0.1, 0.15) is 0 Å². The number of aryl methyl sites for hydroxylation is 1. The van der Waals surface area contributed by atoms with Crippen LogP contribution in [0.1, 0.15) is 19.4 Å². The molecule has 0 saturated carbocycles. The summed E-state index contributed by atoms with van der Waals surface area (Å²) in [6.07, 6.45) is 1.26. The Balaban J connectivity index is 2.78. The first-order valence-electron chi connectivity index (χ1n) is 5.74. The van der Waals surface area contributed by atoms with Gasteiger partial charge in [-0.05, 0) is 38.5 Å². The van der Waals surface area contributed by atoms with Gasteiger partial charge >= 0.3 is 5.97 Å². The Morgan fingerprint density at radius 2 is 1.94 bits per heavy atom. The molecule has 1 rings (SSSR count). The van der Waals surface area contributed by atoms with Gasteiger partial charge in [0.2, 0.25) is 0 Å². The van der Waals surface area contributed by atoms with Gasteiger partial charge in [-0.25, -0.2) is 4.79 Å². The molecule has 0 radical (unpaired) electrons. The number of aliphatic carboxylic acids is 1. The molecule has 0 aromatic heterocycles. The molecule has 0 aliphatic heterocycles. The smallest absolute Gasteiger partial charge is 0.328 e. The number of carboxylic acids is 1. The van der Waals surface area contributed by atoms with Crippen LogP contribution in [0.5, 0.6) is 0 Å². The van der Waals surface area contributed by atoms with E-state index in [1.54, 1.807) is 0 Å². The maximum absolute atomic E-state index is 10.6. The first-order chi connectivity index (χ1) is 8.02. The van der Waals surface area contributed by atoms with Crippen molar-refractivity contribution in [1.29, 1.82) is 0 Å². The number of carboxylic acid groups (broad SMARTS) is 1. The van der Waals surface area contributed by atoms with Crippen LogP contribution in [0, 0.1) is 6.92 Å². The average Bonchev–Trinajstić information content (AvgIpc) is 2.26. The highest BCUT2D eigenvalue weighted by Crippen LogP contribution is 2.16. The van der Waals surface area contributed by atoms with E-state index in [0.29, 0.717) is 6.54 Å². The van der Waals surface area contributed by atoms with E-state index in [0.717, 1.165) is 17.8 Å². The van der Waals surface area contributed by atoms with E-state index < -0.39 is 5.97 Å². The first-order valence-corrected chi connectivity index (χ1v) is 5.74. The van der Waals surface area contributed by atoms with E-state index in [4.69, 9.17) is 5.11 Å². The molecule has 17 heavy (non-hydrogen) atoms. The lowest BCUT2D eigenvalue weighted by molar-refractivity contribution is -0.131. The quantitative estimate of drug-likeness (QED) is 0.795. The van der Waals surface area contributed by atoms with Crippen molar-refractivity contribution in [3.8, 4) is 0 Å². The Morgan fingerprint density at radius 3 is 2.41 bits per heavy atom. The molecule has 0 aliphatic rings. The number of benzene rings is 1. The predicted octanol–water partition coefficient (Wildman–Crippen LogP) is 2.85.